The molecule has 1 aromatic rings. The number of cyclic esters (lactones) is 2. The smallest absolute Gasteiger partial charge is 0.342 e. The number of phenolic OH excluding ortho intramolecular Hbond substituents is 1. The van der Waals surface area contributed by atoms with E-state index in [1.165, 1.54) is 7.11 Å². The van der Waals surface area contributed by atoms with E-state index in [9.17, 15) is 44.4 Å². The van der Waals surface area contributed by atoms with Gasteiger partial charge in [0, 0.05) is 42.1 Å². The maximum atomic E-state index is 12.8. The van der Waals surface area contributed by atoms with Crippen LogP contribution < -0.4 is 15.4 Å². The standard InChI is InChI=1S/C50H70N2O15/c1-28(6-8-34-45(59)44-35(26-67-47(44)60)29(2)46(34)62-5)30(21-42(56)57)20-40(54)51-14-16-63-18-19-64-17-15-52-41(55)27-65-33-10-12-48(3)32(23-33)7-9-37-38(48)24-39(53)49(4)36(11-13-50(37,49)61)31-22-43(58)66-25-31/h6,22,30,32-33,36-39,53,59,61H,7-21,23-27H2,1-5H3,(H,51,54)(H,52,55)(H,56,57)/b28-6+/t30?,32?,33?,36?,37-,38?,39?,48?,49?,50?/m0/s1. The number of fused-ring (bicyclic) bond motifs is 6. The van der Waals surface area contributed by atoms with E-state index in [1.807, 2.05) is 6.92 Å². The second-order valence-electron chi connectivity index (χ2n) is 20.1. The lowest BCUT2D eigenvalue weighted by Crippen LogP contribution is -2.67. The number of benzene rings is 1. The minimum Gasteiger partial charge on any atom is -0.507 e. The lowest BCUT2D eigenvalue weighted by molar-refractivity contribution is -0.245. The Hall–Kier alpha value is -4.55. The van der Waals surface area contributed by atoms with Crippen molar-refractivity contribution < 1.29 is 72.8 Å². The lowest BCUT2D eigenvalue weighted by atomic mass is 9.42. The molecule has 6 aliphatic rings. The Morgan fingerprint density at radius 3 is 2.31 bits per heavy atom. The highest BCUT2D eigenvalue weighted by Crippen LogP contribution is 2.70. The van der Waals surface area contributed by atoms with E-state index < -0.39 is 35.0 Å². The highest BCUT2D eigenvalue weighted by molar-refractivity contribution is 5.98. The van der Waals surface area contributed by atoms with Crippen molar-refractivity contribution in [1.29, 1.82) is 0 Å². The molecule has 7 rings (SSSR count). The number of allylic oxidation sites excluding steroid dienone is 2. The van der Waals surface area contributed by atoms with Crippen LogP contribution in [0.1, 0.15) is 112 Å². The number of aliphatic hydroxyl groups excluding tert-OH is 1. The summed E-state index contributed by atoms with van der Waals surface area (Å²) in [6, 6.07) is 0. The van der Waals surface area contributed by atoms with Crippen molar-refractivity contribution in [2.24, 2.45) is 40.4 Å². The third-order valence-electron chi connectivity index (χ3n) is 16.8. The van der Waals surface area contributed by atoms with Crippen LogP contribution in [0.2, 0.25) is 0 Å². The molecule has 2 heterocycles. The Kier molecular flexibility index (Phi) is 15.8. The van der Waals surface area contributed by atoms with E-state index in [4.69, 9.17) is 28.4 Å². The monoisotopic (exact) mass is 938 g/mol. The number of hydrogen-bond donors (Lipinski definition) is 6. The fraction of sp³-hybridized carbons (Fsp3) is 0.700. The van der Waals surface area contributed by atoms with Crippen molar-refractivity contribution >= 4 is 29.7 Å². The molecule has 2 amide bonds. The van der Waals surface area contributed by atoms with Gasteiger partial charge >= 0.3 is 17.9 Å². The van der Waals surface area contributed by atoms with Gasteiger partial charge in [0.25, 0.3) is 0 Å². The first kappa shape index (κ1) is 50.3. The van der Waals surface area contributed by atoms with Crippen LogP contribution in [0.5, 0.6) is 11.5 Å². The summed E-state index contributed by atoms with van der Waals surface area (Å²) in [6.45, 7) is 9.66. The molecule has 0 spiro atoms. The maximum Gasteiger partial charge on any atom is 0.342 e. The molecule has 0 aromatic heterocycles. The van der Waals surface area contributed by atoms with E-state index in [2.05, 4.69) is 17.6 Å². The number of methoxy groups -OCH3 is 1. The molecule has 4 saturated carbocycles. The molecule has 17 nitrogen and oxygen atoms in total. The first-order chi connectivity index (χ1) is 31.9. The van der Waals surface area contributed by atoms with Gasteiger partial charge in [0.05, 0.1) is 57.8 Å². The molecule has 0 bridgehead atoms. The van der Waals surface area contributed by atoms with E-state index >= 15 is 0 Å². The van der Waals surface area contributed by atoms with Crippen LogP contribution in [0.3, 0.4) is 0 Å². The number of nitrogens with one attached hydrogen (secondary N) is 2. The number of carboxylic acid groups (broad SMARTS) is 1. The topological polar surface area (TPSA) is 246 Å². The predicted molar refractivity (Wildman–Crippen MR) is 241 cm³/mol. The largest absolute Gasteiger partial charge is 0.507 e. The Bertz CT molecular complexity index is 2120. The van der Waals surface area contributed by atoms with Crippen LogP contribution in [0.25, 0.3) is 0 Å². The quantitative estimate of drug-likeness (QED) is 0.0574. The maximum absolute atomic E-state index is 12.8. The van der Waals surface area contributed by atoms with Gasteiger partial charge in [-0.1, -0.05) is 25.5 Å². The van der Waals surface area contributed by atoms with Crippen LogP contribution in [0, 0.1) is 47.3 Å². The zero-order valence-electron chi connectivity index (χ0n) is 39.6. The number of rotatable bonds is 21. The summed E-state index contributed by atoms with van der Waals surface area (Å²) in [5.74, 6) is -2.49. The highest BCUT2D eigenvalue weighted by atomic mass is 16.5. The van der Waals surface area contributed by atoms with Crippen LogP contribution >= 0.6 is 0 Å². The predicted octanol–water partition coefficient (Wildman–Crippen LogP) is 4.23. The normalized spacial score (nSPS) is 31.4. The molecule has 4 aliphatic carbocycles. The van der Waals surface area contributed by atoms with Crippen molar-refractivity contribution in [1.82, 2.24) is 10.6 Å². The molecule has 1 aromatic carbocycles. The minimum absolute atomic E-state index is 0.0437. The second kappa shape index (κ2) is 21.0. The van der Waals surface area contributed by atoms with E-state index in [0.717, 1.165) is 44.1 Å². The van der Waals surface area contributed by atoms with Gasteiger partial charge in [0.15, 0.2) is 0 Å². The Labute approximate surface area is 392 Å². The first-order valence-electron chi connectivity index (χ1n) is 24.0. The van der Waals surface area contributed by atoms with Gasteiger partial charge in [-0.2, -0.15) is 0 Å². The van der Waals surface area contributed by atoms with Gasteiger partial charge < -0.3 is 59.5 Å². The average Bonchev–Trinajstić information content (AvgIpc) is 3.98. The summed E-state index contributed by atoms with van der Waals surface area (Å²) in [4.78, 5) is 61.4. The van der Waals surface area contributed by atoms with Gasteiger partial charge in [0.2, 0.25) is 11.8 Å². The summed E-state index contributed by atoms with van der Waals surface area (Å²) in [6.07, 6.45) is 8.69. The zero-order chi connectivity index (χ0) is 48.3. The third-order valence-corrected chi connectivity index (χ3v) is 16.8. The molecule has 4 fully saturated rings. The van der Waals surface area contributed by atoms with E-state index in [-0.39, 0.29) is 130 Å². The van der Waals surface area contributed by atoms with Crippen molar-refractivity contribution in [2.45, 2.75) is 123 Å². The molecule has 10 atom stereocenters. The number of carbonyl (C=O) groups is 5. The summed E-state index contributed by atoms with van der Waals surface area (Å²) >= 11 is 0. The Morgan fingerprint density at radius 1 is 0.925 bits per heavy atom. The average molecular weight is 939 g/mol. The molecule has 2 aliphatic heterocycles. The number of aliphatic carboxylic acids is 1. The molecule has 6 N–H and O–H groups in total. The van der Waals surface area contributed by atoms with Crippen LogP contribution in [-0.4, -0.2) is 128 Å². The number of carbonyl (C=O) groups excluding carboxylic acids is 4. The molecule has 370 valence electrons. The fourth-order valence-electron chi connectivity index (χ4n) is 13.0. The van der Waals surface area contributed by atoms with Gasteiger partial charge in [0.1, 0.15) is 36.9 Å². The number of amides is 2. The van der Waals surface area contributed by atoms with Gasteiger partial charge in [-0.05, 0) is 118 Å². The Morgan fingerprint density at radius 2 is 1.64 bits per heavy atom. The fourth-order valence-corrected chi connectivity index (χ4v) is 13.0. The molecule has 67 heavy (non-hydrogen) atoms. The molecule has 9 unspecified atom stereocenters. The van der Waals surface area contributed by atoms with Crippen LogP contribution in [0.4, 0.5) is 0 Å². The number of hydrogen-bond acceptors (Lipinski definition) is 14. The number of carboxylic acids is 1. The lowest BCUT2D eigenvalue weighted by Gasteiger charge is -2.65. The van der Waals surface area contributed by atoms with Gasteiger partial charge in [-0.15, -0.1) is 0 Å². The summed E-state index contributed by atoms with van der Waals surface area (Å²) in [5.41, 5.74) is 1.46. The Balaban J connectivity index is 0.754. The van der Waals surface area contributed by atoms with Crippen molar-refractivity contribution in [3.05, 3.63) is 45.6 Å². The molecular formula is C50H70N2O15. The van der Waals surface area contributed by atoms with Crippen molar-refractivity contribution in [2.75, 3.05) is 59.8 Å². The minimum atomic E-state index is -1.06. The summed E-state index contributed by atoms with van der Waals surface area (Å²) in [7, 11) is 1.47. The number of esters is 2. The zero-order valence-corrected chi connectivity index (χ0v) is 39.6. The highest BCUT2D eigenvalue weighted by Gasteiger charge is 2.70. The van der Waals surface area contributed by atoms with Crippen molar-refractivity contribution in [3.8, 4) is 11.5 Å². The third kappa shape index (κ3) is 10.1. The van der Waals surface area contributed by atoms with Crippen LogP contribution in [-0.2, 0) is 55.9 Å². The second-order valence-corrected chi connectivity index (χ2v) is 20.1. The molecular weight excluding hydrogens is 869 g/mol. The van der Waals surface area contributed by atoms with Crippen molar-refractivity contribution in [3.63, 3.8) is 0 Å². The molecule has 0 saturated heterocycles. The number of ether oxygens (including phenoxy) is 6. The van der Waals surface area contributed by atoms with Gasteiger partial charge in [-0.3, -0.25) is 14.4 Å². The summed E-state index contributed by atoms with van der Waals surface area (Å²) < 4.78 is 33.2. The van der Waals surface area contributed by atoms with E-state index in [1.54, 1.807) is 26.0 Å². The number of aromatic hydroxyl groups is 1. The molecule has 0 radical (unpaired) electrons. The molecule has 17 heteroatoms. The SMILES string of the molecule is COc1c(C)c2c(c(O)c1C/C=C(\C)C(CC(=O)O)CC(=O)NCCOCCOCCNC(=O)COC1CCC3(C)C(CC[C@H]4C3CC(O)C3(C)C(C5=CC(=O)OC5)CCC43O)C1)C(=O)OC2. The summed E-state index contributed by atoms with van der Waals surface area (Å²) in [5, 5.41) is 50.4. The van der Waals surface area contributed by atoms with E-state index in [0.29, 0.717) is 53.3 Å². The van der Waals surface area contributed by atoms with Gasteiger partial charge in [-0.25, -0.2) is 9.59 Å². The number of phenols is 1. The van der Waals surface area contributed by atoms with Crippen LogP contribution in [0.15, 0.2) is 23.3 Å². The first-order valence-corrected chi connectivity index (χ1v) is 24.0. The number of aliphatic hydroxyl groups is 2.